The van der Waals surface area contributed by atoms with E-state index in [2.05, 4.69) is 5.32 Å². The minimum Gasteiger partial charge on any atom is -0.444 e. The maximum atomic E-state index is 12.2. The van der Waals surface area contributed by atoms with Gasteiger partial charge in [-0.3, -0.25) is 0 Å². The molecule has 2 rings (SSSR count). The van der Waals surface area contributed by atoms with Crippen molar-refractivity contribution in [2.75, 3.05) is 20.2 Å². The van der Waals surface area contributed by atoms with Crippen molar-refractivity contribution in [1.82, 2.24) is 10.2 Å². The van der Waals surface area contributed by atoms with Gasteiger partial charge in [0.05, 0.1) is 6.10 Å². The van der Waals surface area contributed by atoms with Crippen LogP contribution in [0.2, 0.25) is 0 Å². The number of amides is 1. The van der Waals surface area contributed by atoms with Crippen LogP contribution in [0.5, 0.6) is 0 Å². The van der Waals surface area contributed by atoms with E-state index in [1.165, 1.54) is 0 Å². The van der Waals surface area contributed by atoms with Crippen LogP contribution in [0.25, 0.3) is 0 Å². The summed E-state index contributed by atoms with van der Waals surface area (Å²) < 4.78 is 10.8. The molecule has 0 spiro atoms. The van der Waals surface area contributed by atoms with Crippen LogP contribution >= 0.6 is 0 Å². The van der Waals surface area contributed by atoms with Gasteiger partial charge in [-0.25, -0.2) is 4.79 Å². The first kappa shape index (κ1) is 16.6. The van der Waals surface area contributed by atoms with Crippen molar-refractivity contribution in [1.29, 1.82) is 0 Å². The molecule has 21 heavy (non-hydrogen) atoms. The highest BCUT2D eigenvalue weighted by Gasteiger charge is 2.33. The average molecular weight is 298 g/mol. The fourth-order valence-corrected chi connectivity index (χ4v) is 3.08. The Morgan fingerprint density at radius 3 is 2.67 bits per heavy atom. The maximum absolute atomic E-state index is 12.2. The van der Waals surface area contributed by atoms with Gasteiger partial charge in [0.1, 0.15) is 5.60 Å². The number of nitrogens with zero attached hydrogens (tertiary/aromatic N) is 1. The van der Waals surface area contributed by atoms with Crippen molar-refractivity contribution in [3.63, 3.8) is 0 Å². The number of nitrogens with one attached hydrogen (secondary N) is 1. The molecular formula is C16H30N2O3. The molecule has 1 amide bonds. The van der Waals surface area contributed by atoms with Crippen LogP contribution in [0.4, 0.5) is 4.79 Å². The van der Waals surface area contributed by atoms with E-state index in [4.69, 9.17) is 9.47 Å². The highest BCUT2D eigenvalue weighted by atomic mass is 16.6. The number of carbonyl (C=O) groups excluding carboxylic acids is 1. The zero-order valence-corrected chi connectivity index (χ0v) is 13.9. The zero-order chi connectivity index (χ0) is 15.5. The van der Waals surface area contributed by atoms with Crippen molar-refractivity contribution in [2.24, 2.45) is 0 Å². The Balaban J connectivity index is 1.68. The van der Waals surface area contributed by atoms with E-state index in [0.717, 1.165) is 45.2 Å². The number of carbonyl (C=O) groups is 1. The van der Waals surface area contributed by atoms with Crippen LogP contribution in [0.1, 0.15) is 52.9 Å². The summed E-state index contributed by atoms with van der Waals surface area (Å²) in [4.78, 5) is 14.1. The smallest absolute Gasteiger partial charge is 0.410 e. The molecule has 1 unspecified atom stereocenters. The molecular weight excluding hydrogens is 268 g/mol. The van der Waals surface area contributed by atoms with Crippen molar-refractivity contribution >= 4 is 6.09 Å². The first-order valence-corrected chi connectivity index (χ1v) is 8.15. The Bertz CT molecular complexity index is 348. The van der Waals surface area contributed by atoms with E-state index in [0.29, 0.717) is 18.2 Å². The number of ether oxygens (including phenoxy) is 2. The Morgan fingerprint density at radius 2 is 2.05 bits per heavy atom. The second-order valence-electron chi connectivity index (χ2n) is 7.24. The molecule has 5 heteroatoms. The third kappa shape index (κ3) is 4.85. The van der Waals surface area contributed by atoms with Crippen LogP contribution in [-0.4, -0.2) is 55.0 Å². The Kier molecular flexibility index (Phi) is 5.49. The summed E-state index contributed by atoms with van der Waals surface area (Å²) in [7, 11) is 1.78. The molecule has 2 fully saturated rings. The predicted molar refractivity (Wildman–Crippen MR) is 82.4 cm³/mol. The Morgan fingerprint density at radius 1 is 1.33 bits per heavy atom. The predicted octanol–water partition coefficient (Wildman–Crippen LogP) is 2.54. The number of hydrogen-bond acceptors (Lipinski definition) is 4. The summed E-state index contributed by atoms with van der Waals surface area (Å²) >= 11 is 0. The molecule has 1 N–H and O–H groups in total. The van der Waals surface area contributed by atoms with E-state index in [1.54, 1.807) is 7.11 Å². The van der Waals surface area contributed by atoms with E-state index in [9.17, 15) is 4.79 Å². The van der Waals surface area contributed by atoms with Gasteiger partial charge in [0.15, 0.2) is 0 Å². The number of hydrogen-bond donors (Lipinski definition) is 1. The molecule has 122 valence electrons. The van der Waals surface area contributed by atoms with Crippen molar-refractivity contribution in [3.8, 4) is 0 Å². The standard InChI is InChI=1S/C16H30N2O3/c1-16(2,3)21-15(19)18-9-5-6-13(18)7-8-17-12-10-14(11-12)20-4/h12-14,17H,5-11H2,1-4H3. The monoisotopic (exact) mass is 298 g/mol. The van der Waals surface area contributed by atoms with Gasteiger partial charge in [-0.2, -0.15) is 0 Å². The van der Waals surface area contributed by atoms with Gasteiger partial charge in [-0.05, 0) is 59.4 Å². The molecule has 1 aliphatic heterocycles. The Hall–Kier alpha value is -0.810. The average Bonchev–Trinajstić information content (AvgIpc) is 2.78. The lowest BCUT2D eigenvalue weighted by atomic mass is 9.89. The van der Waals surface area contributed by atoms with Crippen molar-refractivity contribution in [3.05, 3.63) is 0 Å². The lowest BCUT2D eigenvalue weighted by Gasteiger charge is -2.35. The summed E-state index contributed by atoms with van der Waals surface area (Å²) in [6.07, 6.45) is 5.67. The third-order valence-corrected chi connectivity index (χ3v) is 4.34. The van der Waals surface area contributed by atoms with E-state index in [-0.39, 0.29) is 6.09 Å². The molecule has 0 aromatic heterocycles. The summed E-state index contributed by atoms with van der Waals surface area (Å²) in [5, 5.41) is 3.56. The van der Waals surface area contributed by atoms with Gasteiger partial charge in [-0.15, -0.1) is 0 Å². The SMILES string of the molecule is COC1CC(NCCC2CCCN2C(=O)OC(C)(C)C)C1. The highest BCUT2D eigenvalue weighted by Crippen LogP contribution is 2.24. The van der Waals surface area contributed by atoms with Crippen molar-refractivity contribution < 1.29 is 14.3 Å². The topological polar surface area (TPSA) is 50.8 Å². The number of likely N-dealkylation sites (tertiary alicyclic amines) is 1. The summed E-state index contributed by atoms with van der Waals surface area (Å²) in [6.45, 7) is 7.54. The summed E-state index contributed by atoms with van der Waals surface area (Å²) in [6, 6.07) is 0.914. The molecule has 0 bridgehead atoms. The van der Waals surface area contributed by atoms with Gasteiger partial charge >= 0.3 is 6.09 Å². The normalized spacial score (nSPS) is 29.3. The van der Waals surface area contributed by atoms with Gasteiger partial charge in [0.2, 0.25) is 0 Å². The minimum absolute atomic E-state index is 0.159. The third-order valence-electron chi connectivity index (χ3n) is 4.34. The molecule has 1 aliphatic carbocycles. The van der Waals surface area contributed by atoms with Crippen LogP contribution in [0.3, 0.4) is 0 Å². The van der Waals surface area contributed by atoms with Crippen LogP contribution in [0.15, 0.2) is 0 Å². The van der Waals surface area contributed by atoms with E-state index < -0.39 is 5.60 Å². The second-order valence-corrected chi connectivity index (χ2v) is 7.24. The van der Waals surface area contributed by atoms with Gasteiger partial charge in [0.25, 0.3) is 0 Å². The van der Waals surface area contributed by atoms with E-state index >= 15 is 0 Å². The molecule has 5 nitrogen and oxygen atoms in total. The molecule has 0 aromatic rings. The fourth-order valence-electron chi connectivity index (χ4n) is 3.08. The minimum atomic E-state index is -0.413. The second kappa shape index (κ2) is 6.97. The zero-order valence-electron chi connectivity index (χ0n) is 13.9. The molecule has 1 heterocycles. The van der Waals surface area contributed by atoms with Crippen LogP contribution < -0.4 is 5.32 Å². The quantitative estimate of drug-likeness (QED) is 0.847. The summed E-state index contributed by atoms with van der Waals surface area (Å²) in [5.74, 6) is 0. The molecule has 0 aromatic carbocycles. The van der Waals surface area contributed by atoms with Crippen LogP contribution in [0, 0.1) is 0 Å². The largest absolute Gasteiger partial charge is 0.444 e. The molecule has 1 saturated heterocycles. The molecule has 1 atom stereocenters. The molecule has 1 saturated carbocycles. The van der Waals surface area contributed by atoms with Gasteiger partial charge in [0, 0.05) is 25.7 Å². The Labute approximate surface area is 128 Å². The lowest BCUT2D eigenvalue weighted by Crippen LogP contribution is -2.46. The first-order chi connectivity index (χ1) is 9.89. The van der Waals surface area contributed by atoms with Gasteiger partial charge in [-0.1, -0.05) is 0 Å². The fraction of sp³-hybridized carbons (Fsp3) is 0.938. The molecule has 0 radical (unpaired) electrons. The van der Waals surface area contributed by atoms with Crippen LogP contribution in [-0.2, 0) is 9.47 Å². The number of methoxy groups -OCH3 is 1. The van der Waals surface area contributed by atoms with E-state index in [1.807, 2.05) is 25.7 Å². The number of rotatable bonds is 5. The molecule has 2 aliphatic rings. The maximum Gasteiger partial charge on any atom is 0.410 e. The highest BCUT2D eigenvalue weighted by molar-refractivity contribution is 5.68. The first-order valence-electron chi connectivity index (χ1n) is 8.15. The van der Waals surface area contributed by atoms with Gasteiger partial charge < -0.3 is 19.7 Å². The van der Waals surface area contributed by atoms with Crippen molar-refractivity contribution in [2.45, 2.75) is 76.7 Å². The summed E-state index contributed by atoms with van der Waals surface area (Å²) in [5.41, 5.74) is -0.413. The lowest BCUT2D eigenvalue weighted by molar-refractivity contribution is 0.0154.